The number of hydrogen-bond donors (Lipinski definition) is 2. The van der Waals surface area contributed by atoms with E-state index in [9.17, 15) is 18.0 Å². The summed E-state index contributed by atoms with van der Waals surface area (Å²) in [6.07, 6.45) is -3.60. The fourth-order valence-corrected chi connectivity index (χ4v) is 1.65. The molecule has 0 aliphatic carbocycles. The summed E-state index contributed by atoms with van der Waals surface area (Å²) in [5.41, 5.74) is -0.146. The number of anilines is 1. The SMILES string of the molecule is CCC(CNc1ccc(C(F)(F)F)cc1)CC(=O)O. The van der Waals surface area contributed by atoms with Crippen molar-refractivity contribution in [3.05, 3.63) is 29.8 Å². The third kappa shape index (κ3) is 5.19. The van der Waals surface area contributed by atoms with Crippen molar-refractivity contribution in [2.24, 2.45) is 5.92 Å². The van der Waals surface area contributed by atoms with Crippen LogP contribution in [0.25, 0.3) is 0 Å². The van der Waals surface area contributed by atoms with Crippen molar-refractivity contribution < 1.29 is 23.1 Å². The molecular formula is C13H16F3NO2. The fraction of sp³-hybridized carbons (Fsp3) is 0.462. The first kappa shape index (κ1) is 15.3. The minimum Gasteiger partial charge on any atom is -0.481 e. The molecule has 0 saturated heterocycles. The van der Waals surface area contributed by atoms with Gasteiger partial charge in [0.15, 0.2) is 0 Å². The maximum absolute atomic E-state index is 12.3. The molecule has 0 aliphatic heterocycles. The van der Waals surface area contributed by atoms with E-state index >= 15 is 0 Å². The van der Waals surface area contributed by atoms with Gasteiger partial charge in [0, 0.05) is 18.7 Å². The normalized spacial score (nSPS) is 13.1. The molecule has 0 amide bonds. The number of hydrogen-bond acceptors (Lipinski definition) is 2. The van der Waals surface area contributed by atoms with Gasteiger partial charge in [-0.15, -0.1) is 0 Å². The number of halogens is 3. The number of alkyl halides is 3. The summed E-state index contributed by atoms with van der Waals surface area (Å²) in [5, 5.41) is 11.6. The van der Waals surface area contributed by atoms with E-state index in [0.29, 0.717) is 18.7 Å². The molecule has 0 radical (unpaired) electrons. The highest BCUT2D eigenvalue weighted by atomic mass is 19.4. The molecule has 0 saturated carbocycles. The first-order valence-electron chi connectivity index (χ1n) is 5.96. The van der Waals surface area contributed by atoms with Crippen molar-refractivity contribution in [2.45, 2.75) is 25.9 Å². The Bertz CT molecular complexity index is 415. The van der Waals surface area contributed by atoms with Crippen molar-refractivity contribution in [3.63, 3.8) is 0 Å². The minimum absolute atomic E-state index is 0.0419. The van der Waals surface area contributed by atoms with Crippen LogP contribution >= 0.6 is 0 Å². The minimum atomic E-state index is -4.34. The number of nitrogens with one attached hydrogen (secondary N) is 1. The maximum atomic E-state index is 12.3. The fourth-order valence-electron chi connectivity index (χ4n) is 1.65. The first-order chi connectivity index (χ1) is 8.82. The number of carbonyl (C=O) groups is 1. The lowest BCUT2D eigenvalue weighted by Crippen LogP contribution is -2.17. The van der Waals surface area contributed by atoms with Crippen LogP contribution in [0.15, 0.2) is 24.3 Å². The molecule has 2 N–H and O–H groups in total. The zero-order chi connectivity index (χ0) is 14.5. The lowest BCUT2D eigenvalue weighted by molar-refractivity contribution is -0.138. The lowest BCUT2D eigenvalue weighted by Gasteiger charge is -2.15. The van der Waals surface area contributed by atoms with Crippen molar-refractivity contribution in [3.8, 4) is 0 Å². The Morgan fingerprint density at radius 3 is 2.32 bits per heavy atom. The number of benzene rings is 1. The van der Waals surface area contributed by atoms with Crippen molar-refractivity contribution in [2.75, 3.05) is 11.9 Å². The molecule has 1 rings (SSSR count). The average Bonchev–Trinajstić information content (AvgIpc) is 2.33. The molecule has 0 aliphatic rings. The highest BCUT2D eigenvalue weighted by Gasteiger charge is 2.29. The van der Waals surface area contributed by atoms with Crippen LogP contribution in [0.1, 0.15) is 25.3 Å². The molecule has 1 aromatic carbocycles. The van der Waals surface area contributed by atoms with Crippen LogP contribution in [0.5, 0.6) is 0 Å². The standard InChI is InChI=1S/C13H16F3NO2/c1-2-9(7-12(18)19)8-17-11-5-3-10(4-6-11)13(14,15)16/h3-6,9,17H,2,7-8H2,1H3,(H,18,19). The van der Waals surface area contributed by atoms with E-state index in [1.165, 1.54) is 12.1 Å². The summed E-state index contributed by atoms with van der Waals surface area (Å²) in [4.78, 5) is 10.6. The second-order valence-corrected chi connectivity index (χ2v) is 4.33. The maximum Gasteiger partial charge on any atom is 0.416 e. The van der Waals surface area contributed by atoms with Gasteiger partial charge in [-0.1, -0.05) is 13.3 Å². The summed E-state index contributed by atoms with van der Waals surface area (Å²) in [6, 6.07) is 4.69. The Labute approximate surface area is 109 Å². The summed E-state index contributed by atoms with van der Waals surface area (Å²) in [5.74, 6) is -0.916. The third-order valence-electron chi connectivity index (χ3n) is 2.85. The Kier molecular flexibility index (Phi) is 5.20. The van der Waals surface area contributed by atoms with Gasteiger partial charge in [-0.25, -0.2) is 0 Å². The molecule has 6 heteroatoms. The summed E-state index contributed by atoms with van der Waals surface area (Å²) >= 11 is 0. The summed E-state index contributed by atoms with van der Waals surface area (Å²) < 4.78 is 37.0. The number of carboxylic acids is 1. The van der Waals surface area contributed by atoms with E-state index in [0.717, 1.165) is 12.1 Å². The van der Waals surface area contributed by atoms with Gasteiger partial charge in [0.2, 0.25) is 0 Å². The molecule has 0 aromatic heterocycles. The molecule has 106 valence electrons. The molecule has 1 aromatic rings. The smallest absolute Gasteiger partial charge is 0.416 e. The van der Waals surface area contributed by atoms with Crippen LogP contribution < -0.4 is 5.32 Å². The Morgan fingerprint density at radius 2 is 1.89 bits per heavy atom. The molecular weight excluding hydrogens is 259 g/mol. The van der Waals surface area contributed by atoms with E-state index in [4.69, 9.17) is 5.11 Å². The first-order valence-corrected chi connectivity index (χ1v) is 5.96. The Balaban J connectivity index is 2.56. The van der Waals surface area contributed by atoms with Crippen molar-refractivity contribution in [1.29, 1.82) is 0 Å². The highest BCUT2D eigenvalue weighted by Crippen LogP contribution is 2.29. The van der Waals surface area contributed by atoms with Crippen LogP contribution in [-0.2, 0) is 11.0 Å². The van der Waals surface area contributed by atoms with E-state index in [1.54, 1.807) is 0 Å². The van der Waals surface area contributed by atoms with Crippen molar-refractivity contribution in [1.82, 2.24) is 0 Å². The van der Waals surface area contributed by atoms with E-state index < -0.39 is 17.7 Å². The summed E-state index contributed by atoms with van der Waals surface area (Å²) in [6.45, 7) is 2.30. The predicted molar refractivity (Wildman–Crippen MR) is 66.0 cm³/mol. The Hall–Kier alpha value is -1.72. The van der Waals surface area contributed by atoms with Gasteiger partial charge in [0.05, 0.1) is 5.56 Å². The molecule has 1 atom stereocenters. The number of rotatable bonds is 6. The zero-order valence-corrected chi connectivity index (χ0v) is 10.5. The van der Waals surface area contributed by atoms with Gasteiger partial charge < -0.3 is 10.4 Å². The second kappa shape index (κ2) is 6.45. The number of aliphatic carboxylic acids is 1. The molecule has 19 heavy (non-hydrogen) atoms. The lowest BCUT2D eigenvalue weighted by atomic mass is 10.0. The molecule has 0 bridgehead atoms. The van der Waals surface area contributed by atoms with E-state index in [1.807, 2.05) is 6.92 Å². The van der Waals surface area contributed by atoms with Crippen LogP contribution in [0, 0.1) is 5.92 Å². The largest absolute Gasteiger partial charge is 0.481 e. The van der Waals surface area contributed by atoms with Gasteiger partial charge in [0.25, 0.3) is 0 Å². The molecule has 3 nitrogen and oxygen atoms in total. The van der Waals surface area contributed by atoms with Gasteiger partial charge >= 0.3 is 12.1 Å². The van der Waals surface area contributed by atoms with Gasteiger partial charge in [-0.3, -0.25) is 4.79 Å². The van der Waals surface area contributed by atoms with Crippen LogP contribution in [-0.4, -0.2) is 17.6 Å². The Morgan fingerprint density at radius 1 is 1.32 bits per heavy atom. The van der Waals surface area contributed by atoms with Gasteiger partial charge in [-0.2, -0.15) is 13.2 Å². The van der Waals surface area contributed by atoms with Crippen molar-refractivity contribution >= 4 is 11.7 Å². The quantitative estimate of drug-likeness (QED) is 0.833. The number of carboxylic acid groups (broad SMARTS) is 1. The monoisotopic (exact) mass is 275 g/mol. The highest BCUT2D eigenvalue weighted by molar-refractivity contribution is 5.67. The van der Waals surface area contributed by atoms with E-state index in [2.05, 4.69) is 5.32 Å². The van der Waals surface area contributed by atoms with Gasteiger partial charge in [0.1, 0.15) is 0 Å². The van der Waals surface area contributed by atoms with Crippen LogP contribution in [0.3, 0.4) is 0 Å². The van der Waals surface area contributed by atoms with Gasteiger partial charge in [-0.05, 0) is 30.2 Å². The molecule has 0 heterocycles. The third-order valence-corrected chi connectivity index (χ3v) is 2.85. The summed E-state index contributed by atoms with van der Waals surface area (Å²) in [7, 11) is 0. The predicted octanol–water partition coefficient (Wildman–Crippen LogP) is 3.62. The van der Waals surface area contributed by atoms with Crippen LogP contribution in [0.4, 0.5) is 18.9 Å². The second-order valence-electron chi connectivity index (χ2n) is 4.33. The van der Waals surface area contributed by atoms with E-state index in [-0.39, 0.29) is 12.3 Å². The molecule has 1 unspecified atom stereocenters. The molecule has 0 fully saturated rings. The average molecular weight is 275 g/mol. The molecule has 0 spiro atoms. The zero-order valence-electron chi connectivity index (χ0n) is 10.5. The topological polar surface area (TPSA) is 49.3 Å². The van der Waals surface area contributed by atoms with Crippen LogP contribution in [0.2, 0.25) is 0 Å².